The van der Waals surface area contributed by atoms with E-state index in [1.807, 2.05) is 69.3 Å². The highest BCUT2D eigenvalue weighted by molar-refractivity contribution is 5.96. The van der Waals surface area contributed by atoms with Crippen molar-refractivity contribution in [1.29, 1.82) is 0 Å². The molecule has 5 nitrogen and oxygen atoms in total. The Kier molecular flexibility index (Phi) is 7.86. The molecule has 1 aromatic heterocycles. The van der Waals surface area contributed by atoms with Gasteiger partial charge < -0.3 is 14.6 Å². The van der Waals surface area contributed by atoms with Crippen molar-refractivity contribution in [1.82, 2.24) is 14.9 Å². The molecule has 0 bridgehead atoms. The number of amides is 1. The topological polar surface area (TPSA) is 56.1 Å². The third-order valence-electron chi connectivity index (χ3n) is 6.42. The molecule has 3 aromatic carbocycles. The average molecular weight is 470 g/mol. The van der Waals surface area contributed by atoms with E-state index in [2.05, 4.69) is 35.0 Å². The van der Waals surface area contributed by atoms with Crippen LogP contribution in [0.4, 0.5) is 0 Å². The average Bonchev–Trinajstić information content (AvgIpc) is 3.23. The van der Waals surface area contributed by atoms with Gasteiger partial charge in [0.2, 0.25) is 0 Å². The number of benzene rings is 3. The van der Waals surface area contributed by atoms with Crippen LogP contribution >= 0.6 is 0 Å². The van der Waals surface area contributed by atoms with Gasteiger partial charge in [0.05, 0.1) is 23.7 Å². The zero-order chi connectivity index (χ0) is 24.8. The smallest absolute Gasteiger partial charge is 0.252 e. The van der Waals surface area contributed by atoms with Gasteiger partial charge in [-0.1, -0.05) is 48.9 Å². The zero-order valence-corrected chi connectivity index (χ0v) is 21.2. The quantitative estimate of drug-likeness (QED) is 0.267. The van der Waals surface area contributed by atoms with Gasteiger partial charge in [-0.25, -0.2) is 4.98 Å². The molecular weight excluding hydrogens is 434 g/mol. The summed E-state index contributed by atoms with van der Waals surface area (Å²) in [5.41, 5.74) is 6.18. The number of hydrogen-bond donors (Lipinski definition) is 1. The van der Waals surface area contributed by atoms with Crippen LogP contribution in [0.5, 0.6) is 5.75 Å². The highest BCUT2D eigenvalue weighted by Gasteiger charge is 2.19. The summed E-state index contributed by atoms with van der Waals surface area (Å²) in [4.78, 5) is 17.9. The molecule has 0 aliphatic carbocycles. The van der Waals surface area contributed by atoms with Gasteiger partial charge in [0, 0.05) is 12.1 Å². The van der Waals surface area contributed by atoms with Crippen LogP contribution < -0.4 is 10.1 Å². The molecule has 0 aliphatic rings. The number of aryl methyl sites for hydroxylation is 4. The number of hydrogen-bond acceptors (Lipinski definition) is 3. The number of aromatic nitrogens is 2. The van der Waals surface area contributed by atoms with Crippen molar-refractivity contribution < 1.29 is 9.53 Å². The third-order valence-corrected chi connectivity index (χ3v) is 6.42. The summed E-state index contributed by atoms with van der Waals surface area (Å²) in [6, 6.07) is 22.2. The minimum Gasteiger partial charge on any atom is -0.494 e. The molecular formula is C30H35N3O2. The summed E-state index contributed by atoms with van der Waals surface area (Å²) >= 11 is 0. The molecule has 1 heterocycles. The summed E-state index contributed by atoms with van der Waals surface area (Å²) < 4.78 is 8.16. The molecule has 0 aliphatic heterocycles. The summed E-state index contributed by atoms with van der Waals surface area (Å²) in [5.74, 6) is 1.72. The second-order valence-corrected chi connectivity index (χ2v) is 9.18. The van der Waals surface area contributed by atoms with Crippen LogP contribution in [-0.2, 0) is 13.0 Å². The number of nitrogens with one attached hydrogen (secondary N) is 1. The lowest BCUT2D eigenvalue weighted by molar-refractivity contribution is 0.0937. The van der Waals surface area contributed by atoms with Crippen molar-refractivity contribution >= 4 is 16.9 Å². The van der Waals surface area contributed by atoms with Gasteiger partial charge in [-0.2, -0.15) is 0 Å². The molecule has 5 heteroatoms. The van der Waals surface area contributed by atoms with Crippen molar-refractivity contribution in [2.24, 2.45) is 0 Å². The summed E-state index contributed by atoms with van der Waals surface area (Å²) in [7, 11) is 0. The molecule has 182 valence electrons. The van der Waals surface area contributed by atoms with Crippen LogP contribution in [0.1, 0.15) is 65.6 Å². The van der Waals surface area contributed by atoms with Gasteiger partial charge >= 0.3 is 0 Å². The number of carbonyl (C=O) groups excluding carboxylic acids is 1. The van der Waals surface area contributed by atoms with Crippen molar-refractivity contribution in [2.45, 2.75) is 59.5 Å². The first-order valence-electron chi connectivity index (χ1n) is 12.5. The Hall–Kier alpha value is -3.60. The number of imidazole rings is 1. The molecule has 1 atom stereocenters. The van der Waals surface area contributed by atoms with Gasteiger partial charge in [-0.3, -0.25) is 4.79 Å². The molecule has 0 saturated heterocycles. The lowest BCUT2D eigenvalue weighted by atomic mass is 10.0. The van der Waals surface area contributed by atoms with Crippen LogP contribution in [0.3, 0.4) is 0 Å². The Morgan fingerprint density at radius 1 is 1.03 bits per heavy atom. The van der Waals surface area contributed by atoms with Gasteiger partial charge in [0.15, 0.2) is 0 Å². The predicted molar refractivity (Wildman–Crippen MR) is 142 cm³/mol. The Morgan fingerprint density at radius 3 is 2.54 bits per heavy atom. The van der Waals surface area contributed by atoms with Crippen LogP contribution in [0.25, 0.3) is 11.0 Å². The molecule has 35 heavy (non-hydrogen) atoms. The van der Waals surface area contributed by atoms with E-state index in [0.717, 1.165) is 59.5 Å². The zero-order valence-electron chi connectivity index (χ0n) is 21.2. The van der Waals surface area contributed by atoms with E-state index in [-0.39, 0.29) is 11.9 Å². The molecule has 0 saturated carbocycles. The minimum atomic E-state index is -0.219. The normalized spacial score (nSPS) is 12.0. The lowest BCUT2D eigenvalue weighted by Gasteiger charge is -2.17. The number of para-hydroxylation sites is 2. The van der Waals surface area contributed by atoms with Crippen LogP contribution in [0.2, 0.25) is 0 Å². The van der Waals surface area contributed by atoms with E-state index in [1.165, 1.54) is 5.56 Å². The Labute approximate surface area is 208 Å². The minimum absolute atomic E-state index is 0.0731. The maximum Gasteiger partial charge on any atom is 0.252 e. The molecule has 1 unspecified atom stereocenters. The molecule has 0 fully saturated rings. The molecule has 1 N–H and O–H groups in total. The van der Waals surface area contributed by atoms with E-state index in [4.69, 9.17) is 9.72 Å². The second kappa shape index (κ2) is 11.2. The molecule has 1 amide bonds. The standard InChI is InChI=1S/C30H35N3O2/c1-5-24-13-15-25(16-14-24)35-19-9-8-18-33-28-11-7-6-10-27(28)32-29(33)23(4)31-30(34)26-17-12-21(2)20-22(26)3/h6-7,10-17,20,23H,5,8-9,18-19H2,1-4H3,(H,31,34). The van der Waals surface area contributed by atoms with E-state index < -0.39 is 0 Å². The van der Waals surface area contributed by atoms with Gasteiger partial charge in [0.1, 0.15) is 11.6 Å². The van der Waals surface area contributed by atoms with Crippen molar-refractivity contribution in [2.75, 3.05) is 6.61 Å². The number of carbonyl (C=O) groups is 1. The van der Waals surface area contributed by atoms with E-state index in [1.54, 1.807) is 0 Å². The maximum absolute atomic E-state index is 13.0. The maximum atomic E-state index is 13.0. The third kappa shape index (κ3) is 5.91. The second-order valence-electron chi connectivity index (χ2n) is 9.18. The van der Waals surface area contributed by atoms with Crippen molar-refractivity contribution in [3.05, 3.63) is 94.8 Å². The van der Waals surface area contributed by atoms with Gasteiger partial charge in [-0.15, -0.1) is 0 Å². The van der Waals surface area contributed by atoms with E-state index in [9.17, 15) is 4.79 Å². The van der Waals surface area contributed by atoms with Crippen molar-refractivity contribution in [3.63, 3.8) is 0 Å². The fourth-order valence-corrected chi connectivity index (χ4v) is 4.45. The number of fused-ring (bicyclic) bond motifs is 1. The number of unbranched alkanes of at least 4 members (excludes halogenated alkanes) is 1. The van der Waals surface area contributed by atoms with Crippen LogP contribution in [0, 0.1) is 13.8 Å². The molecule has 0 radical (unpaired) electrons. The lowest BCUT2D eigenvalue weighted by Crippen LogP contribution is -2.29. The first-order valence-corrected chi connectivity index (χ1v) is 12.5. The van der Waals surface area contributed by atoms with Crippen LogP contribution in [0.15, 0.2) is 66.7 Å². The predicted octanol–water partition coefficient (Wildman–Crippen LogP) is 6.57. The van der Waals surface area contributed by atoms with Crippen molar-refractivity contribution in [3.8, 4) is 5.75 Å². The Bertz CT molecular complexity index is 1290. The highest BCUT2D eigenvalue weighted by atomic mass is 16.5. The van der Waals surface area contributed by atoms with Gasteiger partial charge in [-0.05, 0) is 81.5 Å². The Morgan fingerprint density at radius 2 is 1.80 bits per heavy atom. The largest absolute Gasteiger partial charge is 0.494 e. The molecule has 4 aromatic rings. The summed E-state index contributed by atoms with van der Waals surface area (Å²) in [6.45, 7) is 9.65. The number of ether oxygens (including phenoxy) is 1. The summed E-state index contributed by atoms with van der Waals surface area (Å²) in [5, 5.41) is 3.16. The first-order chi connectivity index (χ1) is 17.0. The van der Waals surface area contributed by atoms with E-state index in [0.29, 0.717) is 12.2 Å². The van der Waals surface area contributed by atoms with Crippen LogP contribution in [-0.4, -0.2) is 22.1 Å². The Balaban J connectivity index is 1.42. The fourth-order valence-electron chi connectivity index (χ4n) is 4.45. The number of nitrogens with zero attached hydrogens (tertiary/aromatic N) is 2. The van der Waals surface area contributed by atoms with E-state index >= 15 is 0 Å². The molecule has 0 spiro atoms. The highest BCUT2D eigenvalue weighted by Crippen LogP contribution is 2.23. The monoisotopic (exact) mass is 469 g/mol. The fraction of sp³-hybridized carbons (Fsp3) is 0.333. The summed E-state index contributed by atoms with van der Waals surface area (Å²) in [6.07, 6.45) is 2.92. The number of rotatable bonds is 10. The molecule has 4 rings (SSSR count). The first kappa shape index (κ1) is 24.5. The van der Waals surface area contributed by atoms with Gasteiger partial charge in [0.25, 0.3) is 5.91 Å². The SMILES string of the molecule is CCc1ccc(OCCCCn2c(C(C)NC(=O)c3ccc(C)cc3C)nc3ccccc32)cc1.